The molecule has 104 valence electrons. The van der Waals surface area contributed by atoms with Crippen LogP contribution in [0.1, 0.15) is 27.4 Å². The molecular formula is C13H16N6O. The number of aromatic nitrogens is 4. The van der Waals surface area contributed by atoms with E-state index in [4.69, 9.17) is 5.73 Å². The number of anilines is 1. The molecular weight excluding hydrogens is 256 g/mol. The lowest BCUT2D eigenvalue weighted by molar-refractivity contribution is 0.0720. The molecule has 7 heteroatoms. The van der Waals surface area contributed by atoms with Gasteiger partial charge in [-0.25, -0.2) is 9.97 Å². The Balaban J connectivity index is 1.86. The molecule has 0 aromatic carbocycles. The molecule has 0 fully saturated rings. The lowest BCUT2D eigenvalue weighted by Crippen LogP contribution is -2.37. The van der Waals surface area contributed by atoms with Gasteiger partial charge in [-0.15, -0.1) is 0 Å². The van der Waals surface area contributed by atoms with Gasteiger partial charge in [0.1, 0.15) is 5.69 Å². The number of carbonyl (C=O) groups excluding carboxylic acids is 1. The van der Waals surface area contributed by atoms with Crippen LogP contribution in [-0.4, -0.2) is 37.1 Å². The predicted molar refractivity (Wildman–Crippen MR) is 72.8 cm³/mol. The number of nitrogens with zero attached hydrogens (tertiary/aromatic N) is 5. The monoisotopic (exact) mass is 272 g/mol. The fourth-order valence-electron chi connectivity index (χ4n) is 2.46. The van der Waals surface area contributed by atoms with Crippen molar-refractivity contribution in [2.45, 2.75) is 19.9 Å². The van der Waals surface area contributed by atoms with Crippen LogP contribution < -0.4 is 5.73 Å². The Morgan fingerprint density at radius 1 is 1.45 bits per heavy atom. The smallest absolute Gasteiger partial charge is 0.272 e. The normalized spacial score (nSPS) is 14.2. The molecule has 3 rings (SSSR count). The summed E-state index contributed by atoms with van der Waals surface area (Å²) in [6, 6.07) is 1.80. The van der Waals surface area contributed by atoms with Crippen LogP contribution in [-0.2, 0) is 20.0 Å². The van der Waals surface area contributed by atoms with Crippen molar-refractivity contribution in [3.05, 3.63) is 34.9 Å². The zero-order valence-electron chi connectivity index (χ0n) is 11.5. The average Bonchev–Trinajstić information content (AvgIpc) is 2.76. The van der Waals surface area contributed by atoms with E-state index < -0.39 is 0 Å². The minimum Gasteiger partial charge on any atom is -0.368 e. The molecule has 1 amide bonds. The molecule has 2 aromatic rings. The standard InChI is InChI=1S/C13H16N6O/c1-8-5-11(18(2)17-8)12(20)19-4-3-9-6-15-13(14)16-10(9)7-19/h5-6H,3-4,7H2,1-2H3,(H2,14,15,16). The maximum absolute atomic E-state index is 12.5. The Labute approximate surface area is 116 Å². The van der Waals surface area contributed by atoms with Crippen molar-refractivity contribution in [1.82, 2.24) is 24.6 Å². The molecule has 1 aliphatic heterocycles. The summed E-state index contributed by atoms with van der Waals surface area (Å²) in [6.45, 7) is 2.99. The van der Waals surface area contributed by atoms with E-state index in [1.165, 1.54) is 0 Å². The van der Waals surface area contributed by atoms with E-state index >= 15 is 0 Å². The van der Waals surface area contributed by atoms with Gasteiger partial charge in [-0.05, 0) is 25.0 Å². The summed E-state index contributed by atoms with van der Waals surface area (Å²) in [6.07, 6.45) is 2.49. The molecule has 0 radical (unpaired) electrons. The molecule has 0 bridgehead atoms. The fourth-order valence-corrected chi connectivity index (χ4v) is 2.46. The number of rotatable bonds is 1. The molecule has 0 unspecified atom stereocenters. The Bertz CT molecular complexity index is 677. The number of carbonyl (C=O) groups is 1. The van der Waals surface area contributed by atoms with Gasteiger partial charge >= 0.3 is 0 Å². The molecule has 2 N–H and O–H groups in total. The van der Waals surface area contributed by atoms with Crippen LogP contribution >= 0.6 is 0 Å². The van der Waals surface area contributed by atoms with Crippen molar-refractivity contribution in [3.63, 3.8) is 0 Å². The van der Waals surface area contributed by atoms with Gasteiger partial charge in [0.05, 0.1) is 17.9 Å². The Hall–Kier alpha value is -2.44. The second-order valence-corrected chi connectivity index (χ2v) is 4.97. The Morgan fingerprint density at radius 2 is 2.25 bits per heavy atom. The highest BCUT2D eigenvalue weighted by Crippen LogP contribution is 2.19. The predicted octanol–water partition coefficient (Wildman–Crippen LogP) is 0.299. The van der Waals surface area contributed by atoms with Gasteiger partial charge in [-0.2, -0.15) is 5.10 Å². The number of aryl methyl sites for hydroxylation is 2. The van der Waals surface area contributed by atoms with E-state index in [1.54, 1.807) is 28.9 Å². The largest absolute Gasteiger partial charge is 0.368 e. The molecule has 2 aromatic heterocycles. The molecule has 0 saturated heterocycles. The topological polar surface area (TPSA) is 89.9 Å². The Morgan fingerprint density at radius 3 is 2.95 bits per heavy atom. The third-order valence-corrected chi connectivity index (χ3v) is 3.47. The summed E-state index contributed by atoms with van der Waals surface area (Å²) >= 11 is 0. The second-order valence-electron chi connectivity index (χ2n) is 4.97. The minimum absolute atomic E-state index is 0.0315. The SMILES string of the molecule is Cc1cc(C(=O)N2CCc3cnc(N)nc3C2)n(C)n1. The first-order valence-electron chi connectivity index (χ1n) is 6.45. The number of hydrogen-bond acceptors (Lipinski definition) is 5. The maximum atomic E-state index is 12.5. The molecule has 0 aliphatic carbocycles. The summed E-state index contributed by atoms with van der Waals surface area (Å²) in [7, 11) is 1.78. The first-order valence-corrected chi connectivity index (χ1v) is 6.45. The highest BCUT2D eigenvalue weighted by Gasteiger charge is 2.25. The quantitative estimate of drug-likeness (QED) is 0.806. The van der Waals surface area contributed by atoms with Gasteiger partial charge in [0.25, 0.3) is 5.91 Å². The summed E-state index contributed by atoms with van der Waals surface area (Å²) < 4.78 is 1.61. The molecule has 1 aliphatic rings. The molecule has 0 atom stereocenters. The van der Waals surface area contributed by atoms with Gasteiger partial charge in [0.15, 0.2) is 0 Å². The summed E-state index contributed by atoms with van der Waals surface area (Å²) in [5, 5.41) is 4.21. The van der Waals surface area contributed by atoms with E-state index in [0.29, 0.717) is 18.8 Å². The lowest BCUT2D eigenvalue weighted by Gasteiger charge is -2.27. The van der Waals surface area contributed by atoms with Gasteiger partial charge < -0.3 is 10.6 Å². The number of hydrogen-bond donors (Lipinski definition) is 1. The number of fused-ring (bicyclic) bond motifs is 1. The minimum atomic E-state index is -0.0315. The van der Waals surface area contributed by atoms with Crippen LogP contribution in [0.3, 0.4) is 0 Å². The first kappa shape index (κ1) is 12.6. The van der Waals surface area contributed by atoms with Crippen molar-refractivity contribution in [2.24, 2.45) is 7.05 Å². The fraction of sp³-hybridized carbons (Fsp3) is 0.385. The molecule has 7 nitrogen and oxygen atoms in total. The highest BCUT2D eigenvalue weighted by atomic mass is 16.2. The van der Waals surface area contributed by atoms with Crippen molar-refractivity contribution in [3.8, 4) is 0 Å². The van der Waals surface area contributed by atoms with Crippen LogP contribution in [0, 0.1) is 6.92 Å². The molecule has 20 heavy (non-hydrogen) atoms. The summed E-state index contributed by atoms with van der Waals surface area (Å²) in [5.74, 6) is 0.213. The van der Waals surface area contributed by atoms with Crippen LogP contribution in [0.25, 0.3) is 0 Å². The van der Waals surface area contributed by atoms with Crippen molar-refractivity contribution in [2.75, 3.05) is 12.3 Å². The zero-order chi connectivity index (χ0) is 14.3. The second kappa shape index (κ2) is 4.59. The Kier molecular flexibility index (Phi) is 2.89. The number of amides is 1. The molecule has 0 saturated carbocycles. The van der Waals surface area contributed by atoms with Gasteiger partial charge in [-0.1, -0.05) is 0 Å². The van der Waals surface area contributed by atoms with Crippen LogP contribution in [0.4, 0.5) is 5.95 Å². The summed E-state index contributed by atoms with van der Waals surface area (Å²) in [4.78, 5) is 22.5. The number of nitrogen functional groups attached to an aromatic ring is 1. The van der Waals surface area contributed by atoms with Crippen LogP contribution in [0.2, 0.25) is 0 Å². The van der Waals surface area contributed by atoms with Crippen LogP contribution in [0.15, 0.2) is 12.3 Å². The third kappa shape index (κ3) is 2.11. The first-order chi connectivity index (χ1) is 9.54. The van der Waals surface area contributed by atoms with Gasteiger partial charge in [0.2, 0.25) is 5.95 Å². The number of nitrogens with two attached hydrogens (primary N) is 1. The highest BCUT2D eigenvalue weighted by molar-refractivity contribution is 5.92. The molecule has 3 heterocycles. The summed E-state index contributed by atoms with van der Waals surface area (Å²) in [5.41, 5.74) is 8.92. The van der Waals surface area contributed by atoms with E-state index in [0.717, 1.165) is 23.4 Å². The maximum Gasteiger partial charge on any atom is 0.272 e. The van der Waals surface area contributed by atoms with Crippen molar-refractivity contribution < 1.29 is 4.79 Å². The van der Waals surface area contributed by atoms with Gasteiger partial charge in [0, 0.05) is 19.8 Å². The lowest BCUT2D eigenvalue weighted by atomic mass is 10.1. The van der Waals surface area contributed by atoms with E-state index in [-0.39, 0.29) is 11.9 Å². The van der Waals surface area contributed by atoms with Crippen molar-refractivity contribution in [1.29, 1.82) is 0 Å². The van der Waals surface area contributed by atoms with E-state index in [9.17, 15) is 4.79 Å². The van der Waals surface area contributed by atoms with Gasteiger partial charge in [-0.3, -0.25) is 9.48 Å². The van der Waals surface area contributed by atoms with E-state index in [1.807, 2.05) is 6.92 Å². The third-order valence-electron chi connectivity index (χ3n) is 3.47. The van der Waals surface area contributed by atoms with E-state index in [2.05, 4.69) is 15.1 Å². The molecule has 0 spiro atoms. The van der Waals surface area contributed by atoms with Crippen LogP contribution in [0.5, 0.6) is 0 Å². The van der Waals surface area contributed by atoms with Crippen molar-refractivity contribution >= 4 is 11.9 Å². The zero-order valence-corrected chi connectivity index (χ0v) is 11.5. The average molecular weight is 272 g/mol.